The Kier molecular flexibility index (Phi) is 7.01. The van der Waals surface area contributed by atoms with Gasteiger partial charge in [-0.05, 0) is 103 Å². The maximum atomic E-state index is 11.8. The number of hydrogen-bond acceptors (Lipinski definition) is 4. The third-order valence-electron chi connectivity index (χ3n) is 11.6. The molecular formula is C28H48O5. The second-order valence-electron chi connectivity index (χ2n) is 13.1. The number of carboxylic acid groups (broad SMARTS) is 1. The van der Waals surface area contributed by atoms with Crippen molar-refractivity contribution in [1.82, 2.24) is 0 Å². The van der Waals surface area contributed by atoms with E-state index in [0.29, 0.717) is 29.6 Å². The highest BCUT2D eigenvalue weighted by atomic mass is 16.4. The van der Waals surface area contributed by atoms with Crippen LogP contribution >= 0.6 is 0 Å². The normalized spacial score (nSPS) is 51.2. The van der Waals surface area contributed by atoms with Crippen LogP contribution < -0.4 is 0 Å². The van der Waals surface area contributed by atoms with Crippen LogP contribution in [0, 0.1) is 58.2 Å². The van der Waals surface area contributed by atoms with Crippen molar-refractivity contribution < 1.29 is 25.2 Å². The number of carboxylic acids is 1. The second-order valence-corrected chi connectivity index (χ2v) is 13.1. The van der Waals surface area contributed by atoms with Crippen LogP contribution in [0.2, 0.25) is 0 Å². The average Bonchev–Trinajstić information content (AvgIpc) is 3.08. The van der Waals surface area contributed by atoms with Crippen molar-refractivity contribution in [2.45, 2.75) is 111 Å². The van der Waals surface area contributed by atoms with E-state index < -0.39 is 5.97 Å². The number of carbonyl (C=O) groups is 1. The molecule has 4 fully saturated rings. The minimum atomic E-state index is -0.734. The van der Waals surface area contributed by atoms with Gasteiger partial charge in [-0.2, -0.15) is 0 Å². The van der Waals surface area contributed by atoms with Gasteiger partial charge < -0.3 is 20.4 Å². The molecule has 0 bridgehead atoms. The van der Waals surface area contributed by atoms with Gasteiger partial charge in [-0.15, -0.1) is 0 Å². The Balaban J connectivity index is 1.63. The average molecular weight is 465 g/mol. The molecule has 0 aromatic carbocycles. The van der Waals surface area contributed by atoms with Crippen molar-refractivity contribution in [3.05, 3.63) is 0 Å². The van der Waals surface area contributed by atoms with E-state index in [-0.39, 0.29) is 53.3 Å². The Bertz CT molecular complexity index is 725. The first-order chi connectivity index (χ1) is 15.4. The third kappa shape index (κ3) is 3.98. The van der Waals surface area contributed by atoms with Gasteiger partial charge in [0.05, 0.1) is 18.3 Å². The van der Waals surface area contributed by atoms with Crippen LogP contribution in [-0.2, 0) is 4.79 Å². The van der Waals surface area contributed by atoms with Gasteiger partial charge in [-0.3, -0.25) is 4.79 Å². The fraction of sp³-hybridized carbons (Fsp3) is 0.964. The molecule has 0 aromatic rings. The van der Waals surface area contributed by atoms with Crippen LogP contribution in [0.5, 0.6) is 0 Å². The summed E-state index contributed by atoms with van der Waals surface area (Å²) in [4.78, 5) is 11.2. The molecule has 0 unspecified atom stereocenters. The number of aliphatic hydroxyl groups excluding tert-OH is 3. The first kappa shape index (κ1) is 25.4. The Morgan fingerprint density at radius 1 is 1.00 bits per heavy atom. The van der Waals surface area contributed by atoms with E-state index in [1.165, 1.54) is 0 Å². The smallest absolute Gasteiger partial charge is 0.303 e. The number of fused-ring (bicyclic) bond motifs is 5. The van der Waals surface area contributed by atoms with E-state index in [0.717, 1.165) is 51.4 Å². The summed E-state index contributed by atoms with van der Waals surface area (Å²) >= 11 is 0. The molecule has 4 rings (SSSR count). The Labute approximate surface area is 200 Å². The largest absolute Gasteiger partial charge is 0.481 e. The molecule has 0 aliphatic heterocycles. The summed E-state index contributed by atoms with van der Waals surface area (Å²) in [6, 6.07) is 0. The highest BCUT2D eigenvalue weighted by Gasteiger charge is 2.67. The monoisotopic (exact) mass is 464 g/mol. The number of aliphatic carboxylic acids is 1. The summed E-state index contributed by atoms with van der Waals surface area (Å²) in [6.07, 6.45) is 6.48. The molecule has 0 aromatic heterocycles. The molecule has 190 valence electrons. The van der Waals surface area contributed by atoms with Gasteiger partial charge in [-0.25, -0.2) is 0 Å². The third-order valence-corrected chi connectivity index (χ3v) is 11.6. The molecule has 0 saturated heterocycles. The first-order valence-electron chi connectivity index (χ1n) is 13.7. The van der Waals surface area contributed by atoms with Gasteiger partial charge >= 0.3 is 5.97 Å². The topological polar surface area (TPSA) is 98.0 Å². The van der Waals surface area contributed by atoms with Gasteiger partial charge in [0.25, 0.3) is 0 Å². The zero-order chi connectivity index (χ0) is 24.3. The Morgan fingerprint density at radius 2 is 1.70 bits per heavy atom. The van der Waals surface area contributed by atoms with E-state index in [2.05, 4.69) is 27.7 Å². The predicted octanol–water partition coefficient (Wildman–Crippen LogP) is 4.72. The molecule has 0 heterocycles. The molecule has 4 N–H and O–H groups in total. The van der Waals surface area contributed by atoms with Gasteiger partial charge in [0.15, 0.2) is 0 Å². The summed E-state index contributed by atoms with van der Waals surface area (Å²) < 4.78 is 0. The molecule has 33 heavy (non-hydrogen) atoms. The summed E-state index contributed by atoms with van der Waals surface area (Å²) in [5.74, 6) is 1.49. The van der Waals surface area contributed by atoms with Crippen molar-refractivity contribution in [3.63, 3.8) is 0 Å². The van der Waals surface area contributed by atoms with Crippen molar-refractivity contribution in [2.75, 3.05) is 0 Å². The van der Waals surface area contributed by atoms with Crippen LogP contribution in [0.25, 0.3) is 0 Å². The van der Waals surface area contributed by atoms with Crippen LogP contribution in [0.15, 0.2) is 0 Å². The maximum Gasteiger partial charge on any atom is 0.303 e. The molecule has 0 amide bonds. The number of rotatable bonds is 6. The quantitative estimate of drug-likeness (QED) is 0.456. The number of aliphatic hydroxyl groups is 3. The lowest BCUT2D eigenvalue weighted by molar-refractivity contribution is -0.228. The van der Waals surface area contributed by atoms with E-state index in [4.69, 9.17) is 0 Å². The molecule has 0 radical (unpaired) electrons. The van der Waals surface area contributed by atoms with Crippen LogP contribution in [0.4, 0.5) is 0 Å². The lowest BCUT2D eigenvalue weighted by atomic mass is 9.41. The van der Waals surface area contributed by atoms with Gasteiger partial charge in [0.2, 0.25) is 0 Å². The van der Waals surface area contributed by atoms with Crippen molar-refractivity contribution in [2.24, 2.45) is 58.2 Å². The van der Waals surface area contributed by atoms with E-state index in [9.17, 15) is 25.2 Å². The van der Waals surface area contributed by atoms with Crippen molar-refractivity contribution >= 4 is 5.97 Å². The van der Waals surface area contributed by atoms with Gasteiger partial charge in [0.1, 0.15) is 0 Å². The minimum Gasteiger partial charge on any atom is -0.481 e. The van der Waals surface area contributed by atoms with Crippen LogP contribution in [-0.4, -0.2) is 44.7 Å². The van der Waals surface area contributed by atoms with E-state index in [1.807, 2.05) is 6.92 Å². The molecule has 4 aliphatic rings. The fourth-order valence-corrected chi connectivity index (χ4v) is 10.1. The maximum absolute atomic E-state index is 11.8. The summed E-state index contributed by atoms with van der Waals surface area (Å²) in [7, 11) is 0. The van der Waals surface area contributed by atoms with Crippen molar-refractivity contribution in [1.29, 1.82) is 0 Å². The zero-order valence-electron chi connectivity index (χ0n) is 21.4. The highest BCUT2D eigenvalue weighted by Crippen LogP contribution is 2.69. The molecule has 4 aliphatic carbocycles. The Morgan fingerprint density at radius 3 is 2.33 bits per heavy atom. The summed E-state index contributed by atoms with van der Waals surface area (Å²) in [5.41, 5.74) is -0.147. The Hall–Kier alpha value is -0.650. The second kappa shape index (κ2) is 9.09. The first-order valence-corrected chi connectivity index (χ1v) is 13.7. The molecule has 5 nitrogen and oxygen atoms in total. The van der Waals surface area contributed by atoms with Crippen LogP contribution in [0.3, 0.4) is 0 Å². The zero-order valence-corrected chi connectivity index (χ0v) is 21.4. The van der Waals surface area contributed by atoms with Gasteiger partial charge in [0, 0.05) is 6.42 Å². The lowest BCUT2D eigenvalue weighted by Gasteiger charge is -2.65. The van der Waals surface area contributed by atoms with Crippen molar-refractivity contribution in [3.8, 4) is 0 Å². The van der Waals surface area contributed by atoms with E-state index in [1.54, 1.807) is 0 Å². The van der Waals surface area contributed by atoms with E-state index >= 15 is 0 Å². The SMILES string of the molecule is CC[C@H]1[C@@H](O)[C@@H]2[C@H](C[C@H](O)[C@]3(C)[C@@H]([C@H](C)C[C@H](C)CC(=O)O)CC[C@@H]23)[C@@]2(C)CC[C@@H](O)C[C@@H]12. The molecule has 4 saturated carbocycles. The fourth-order valence-electron chi connectivity index (χ4n) is 10.1. The minimum absolute atomic E-state index is 0.0752. The highest BCUT2D eigenvalue weighted by molar-refractivity contribution is 5.66. The summed E-state index contributed by atoms with van der Waals surface area (Å²) in [6.45, 7) is 11.1. The molecule has 13 atom stereocenters. The standard InChI is InChI=1S/C28H48O5/c1-6-18-21-13-17(29)9-10-27(21,4)22-14-23(30)28(5)19(7-8-20(28)25(22)26(18)33)16(3)11-15(2)12-24(31)32/h15-23,25-26,29-30,33H,6-14H2,1-5H3,(H,31,32)/t15-,16+,17+,18+,19+,20-,21-,22-,23-,25-,26+,27-,28+/m0/s1. The van der Waals surface area contributed by atoms with Gasteiger partial charge in [-0.1, -0.05) is 41.0 Å². The lowest BCUT2D eigenvalue weighted by Crippen LogP contribution is -2.65. The molecular weight excluding hydrogens is 416 g/mol. The number of hydrogen-bond donors (Lipinski definition) is 4. The molecule has 0 spiro atoms. The summed E-state index contributed by atoms with van der Waals surface area (Å²) in [5, 5.41) is 43.2. The molecule has 5 heteroatoms. The predicted molar refractivity (Wildman–Crippen MR) is 128 cm³/mol. The van der Waals surface area contributed by atoms with Crippen LogP contribution in [0.1, 0.15) is 92.4 Å².